The van der Waals surface area contributed by atoms with E-state index < -0.39 is 31.9 Å². The van der Waals surface area contributed by atoms with Gasteiger partial charge in [-0.2, -0.15) is 13.0 Å². The van der Waals surface area contributed by atoms with Crippen molar-refractivity contribution in [2.75, 3.05) is 23.5 Å². The molecule has 4 rings (SSSR count). The van der Waals surface area contributed by atoms with Gasteiger partial charge in [-0.05, 0) is 61.2 Å². The van der Waals surface area contributed by atoms with E-state index in [1.807, 2.05) is 34.8 Å². The summed E-state index contributed by atoms with van der Waals surface area (Å²) in [6.45, 7) is 2.14. The van der Waals surface area contributed by atoms with Gasteiger partial charge in [0.25, 0.3) is 21.0 Å². The maximum Gasteiger partial charge on any atom is 0.299 e. The number of thiazole rings is 1. The molecule has 0 radical (unpaired) electrons. The first kappa shape index (κ1) is 31.4. The topological polar surface area (TPSA) is 125 Å². The van der Waals surface area contributed by atoms with Crippen molar-refractivity contribution < 1.29 is 35.1 Å². The third-order valence-electron chi connectivity index (χ3n) is 6.05. The summed E-state index contributed by atoms with van der Waals surface area (Å²) in [5, 5.41) is 1.99. The number of unbranched alkanes of at least 4 members (excludes halogenated alkanes) is 1. The van der Waals surface area contributed by atoms with Crippen molar-refractivity contribution in [2.24, 2.45) is 0 Å². The molecule has 0 saturated carbocycles. The normalized spacial score (nSPS) is 15.1. The summed E-state index contributed by atoms with van der Waals surface area (Å²) in [5.74, 6) is -1.44. The van der Waals surface area contributed by atoms with Crippen LogP contribution < -0.4 is 14.2 Å². The van der Waals surface area contributed by atoms with Crippen LogP contribution in [0.1, 0.15) is 31.2 Å². The number of benzene rings is 2. The molecule has 1 aliphatic heterocycles. The largest absolute Gasteiger partial charge is 0.335 e. The number of nitrogens with zero attached hydrogens (tertiary/aromatic N) is 2. The van der Waals surface area contributed by atoms with Gasteiger partial charge in [0.05, 0.1) is 22.7 Å². The summed E-state index contributed by atoms with van der Waals surface area (Å²) in [6, 6.07) is 9.81. The number of thioether (sulfide) groups is 1. The van der Waals surface area contributed by atoms with E-state index in [-0.39, 0.29) is 18.7 Å². The number of carbonyl (C=O) groups excluding carboxylic acids is 1. The highest BCUT2D eigenvalue weighted by Gasteiger charge is 2.27. The minimum atomic E-state index is -4.07. The van der Waals surface area contributed by atoms with Crippen molar-refractivity contribution >= 4 is 82.7 Å². The van der Waals surface area contributed by atoms with Crippen LogP contribution >= 0.6 is 34.7 Å². The first-order valence-corrected chi connectivity index (χ1v) is 18.0. The van der Waals surface area contributed by atoms with Crippen molar-refractivity contribution in [3.63, 3.8) is 0 Å². The van der Waals surface area contributed by atoms with Crippen molar-refractivity contribution in [3.05, 3.63) is 68.9 Å². The molecular formula is C26H28ClFN3O6S4+. The molecule has 0 saturated heterocycles. The number of nitrogens with one attached hydrogen (secondary N) is 1. The highest BCUT2D eigenvalue weighted by atomic mass is 35.5. The maximum absolute atomic E-state index is 14.1. The van der Waals surface area contributed by atoms with E-state index in [9.17, 15) is 26.0 Å². The Balaban J connectivity index is 1.71. The Morgan fingerprint density at radius 1 is 1.17 bits per heavy atom. The molecule has 2 heterocycles. The molecule has 1 aliphatic rings. The molecule has 41 heavy (non-hydrogen) atoms. The third-order valence-corrected chi connectivity index (χ3v) is 9.91. The van der Waals surface area contributed by atoms with Gasteiger partial charge in [-0.1, -0.05) is 41.6 Å². The molecule has 0 aliphatic carbocycles. The number of halogens is 2. The number of carbonyl (C=O) groups is 1. The molecule has 1 amide bonds. The Bertz CT molecular complexity index is 1770. The van der Waals surface area contributed by atoms with Crippen molar-refractivity contribution in [1.29, 1.82) is 0 Å². The van der Waals surface area contributed by atoms with Crippen LogP contribution in [-0.2, 0) is 31.5 Å². The van der Waals surface area contributed by atoms with Crippen LogP contribution in [0, 0.1) is 5.82 Å². The van der Waals surface area contributed by atoms with Gasteiger partial charge in [0.1, 0.15) is 10.5 Å². The van der Waals surface area contributed by atoms with Gasteiger partial charge in [-0.15, -0.1) is 0 Å². The molecule has 2 N–H and O–H groups in total. The lowest BCUT2D eigenvalue weighted by atomic mass is 10.2. The summed E-state index contributed by atoms with van der Waals surface area (Å²) in [6.07, 6.45) is 6.09. The van der Waals surface area contributed by atoms with Crippen LogP contribution in [0.2, 0.25) is 5.02 Å². The van der Waals surface area contributed by atoms with Gasteiger partial charge in [-0.3, -0.25) is 9.35 Å². The number of hydrogen-bond acceptors (Lipinski definition) is 8. The van der Waals surface area contributed by atoms with Crippen LogP contribution in [0.5, 0.6) is 0 Å². The molecule has 1 aromatic heterocycles. The van der Waals surface area contributed by atoms with E-state index >= 15 is 0 Å². The lowest BCUT2D eigenvalue weighted by Crippen LogP contribution is -2.45. The number of aromatic nitrogens is 1. The average molecular weight is 661 g/mol. The summed E-state index contributed by atoms with van der Waals surface area (Å²) in [4.78, 5) is 15.3. The zero-order chi connectivity index (χ0) is 29.9. The summed E-state index contributed by atoms with van der Waals surface area (Å²) in [7, 11) is -7.81. The zero-order valence-corrected chi connectivity index (χ0v) is 26.2. The average Bonchev–Trinajstić information content (AvgIpc) is 3.36. The van der Waals surface area contributed by atoms with Crippen LogP contribution in [0.4, 0.5) is 10.1 Å². The van der Waals surface area contributed by atoms with Crippen molar-refractivity contribution in [2.45, 2.75) is 37.6 Å². The number of fused-ring (bicyclic) bond motifs is 2. The molecule has 3 aromatic rings. The molecule has 0 unspecified atom stereocenters. The van der Waals surface area contributed by atoms with Crippen molar-refractivity contribution in [3.8, 4) is 0 Å². The number of rotatable bonds is 11. The SMILES string of the molecule is CCC(=Cc1sc2ccc(Cl)cc2[n+]1CC(=O)NS(C)(=O)=O)C=C1Sc2ccc(F)cc2N1CCCCS(=O)(=O)O. The van der Waals surface area contributed by atoms with Gasteiger partial charge in [0, 0.05) is 28.6 Å². The van der Waals surface area contributed by atoms with Crippen molar-refractivity contribution in [1.82, 2.24) is 4.72 Å². The first-order chi connectivity index (χ1) is 19.2. The molecule has 15 heteroatoms. The Hall–Kier alpha value is -2.49. The summed E-state index contributed by atoms with van der Waals surface area (Å²) < 4.78 is 73.3. The number of allylic oxidation sites excluding steroid dienone is 2. The minimum absolute atomic E-state index is 0.244. The second-order valence-corrected chi connectivity index (χ2v) is 15.2. The Labute approximate surface area is 251 Å². The second-order valence-electron chi connectivity index (χ2n) is 9.35. The van der Waals surface area contributed by atoms with Crippen LogP contribution in [0.15, 0.2) is 58.0 Å². The van der Waals surface area contributed by atoms with Crippen LogP contribution in [0.25, 0.3) is 16.3 Å². The molecule has 0 bridgehead atoms. The van der Waals surface area contributed by atoms with Gasteiger partial charge in [0.15, 0.2) is 0 Å². The quantitative estimate of drug-likeness (QED) is 0.168. The van der Waals surface area contributed by atoms with E-state index in [2.05, 4.69) is 0 Å². The van der Waals surface area contributed by atoms with E-state index in [0.717, 1.165) is 26.5 Å². The van der Waals surface area contributed by atoms with E-state index in [4.69, 9.17) is 16.2 Å². The smallest absolute Gasteiger partial charge is 0.299 e. The second kappa shape index (κ2) is 12.8. The van der Waals surface area contributed by atoms with Gasteiger partial charge >= 0.3 is 0 Å². The molecule has 0 fully saturated rings. The molecule has 0 spiro atoms. The fraction of sp³-hybridized carbons (Fsp3) is 0.308. The third kappa shape index (κ3) is 8.52. The summed E-state index contributed by atoms with van der Waals surface area (Å²) in [5.41, 5.74) is 2.24. The molecular weight excluding hydrogens is 633 g/mol. The van der Waals surface area contributed by atoms with Crippen LogP contribution in [-0.4, -0.2) is 45.8 Å². The monoisotopic (exact) mass is 660 g/mol. The van der Waals surface area contributed by atoms with Gasteiger partial charge in [-0.25, -0.2) is 17.5 Å². The molecule has 2 aromatic carbocycles. The lowest BCUT2D eigenvalue weighted by Gasteiger charge is -2.20. The van der Waals surface area contributed by atoms with E-state index in [0.29, 0.717) is 40.6 Å². The van der Waals surface area contributed by atoms with Gasteiger partial charge < -0.3 is 4.90 Å². The fourth-order valence-corrected chi connectivity index (χ4v) is 7.73. The highest BCUT2D eigenvalue weighted by Crippen LogP contribution is 2.47. The molecule has 9 nitrogen and oxygen atoms in total. The number of hydrogen-bond donors (Lipinski definition) is 2. The minimum Gasteiger partial charge on any atom is -0.335 e. The van der Waals surface area contributed by atoms with Gasteiger partial charge in [0.2, 0.25) is 22.1 Å². The van der Waals surface area contributed by atoms with Crippen LogP contribution in [0.3, 0.4) is 0 Å². The fourth-order valence-electron chi connectivity index (χ4n) is 4.26. The first-order valence-electron chi connectivity index (χ1n) is 12.5. The zero-order valence-electron chi connectivity index (χ0n) is 22.1. The summed E-state index contributed by atoms with van der Waals surface area (Å²) >= 11 is 9.11. The Morgan fingerprint density at radius 2 is 1.93 bits per heavy atom. The molecule has 0 atom stereocenters. The predicted octanol–water partition coefficient (Wildman–Crippen LogP) is 4.97. The van der Waals surface area contributed by atoms with E-state index in [1.54, 1.807) is 22.8 Å². The number of amides is 1. The van der Waals surface area contributed by atoms with E-state index in [1.165, 1.54) is 35.2 Å². The number of anilines is 1. The highest BCUT2D eigenvalue weighted by molar-refractivity contribution is 8.03. The lowest BCUT2D eigenvalue weighted by molar-refractivity contribution is -0.655. The Morgan fingerprint density at radius 3 is 2.61 bits per heavy atom. The molecule has 220 valence electrons. The predicted molar refractivity (Wildman–Crippen MR) is 162 cm³/mol. The Kier molecular flexibility index (Phi) is 9.81. The number of sulfonamides is 1. The standard InChI is InChI=1S/C26H27ClFN3O6S4/c1-3-17(12-25-30(10-4-5-11-41(35,36)37)21-15-19(28)7-9-23(21)38-25)13-26-31(16-24(32)29-40(2,33)34)20-14-18(27)6-8-22(20)39-26/h6-9,12-15H,3-5,10-11,16H2,1-2H3,(H-,29,32,35,36,37)/p+1. The maximum atomic E-state index is 14.1.